The number of ether oxygens (including phenoxy) is 1. The summed E-state index contributed by atoms with van der Waals surface area (Å²) in [5, 5.41) is 16.8. The number of rotatable bonds is 4. The molecule has 0 bridgehead atoms. The van der Waals surface area contributed by atoms with E-state index >= 15 is 0 Å². The Labute approximate surface area is 122 Å². The van der Waals surface area contributed by atoms with Gasteiger partial charge in [0.2, 0.25) is 0 Å². The second-order valence-corrected chi connectivity index (χ2v) is 4.92. The van der Waals surface area contributed by atoms with Gasteiger partial charge in [0.1, 0.15) is 17.9 Å². The molecule has 3 rings (SSSR count). The quantitative estimate of drug-likeness (QED) is 0.798. The molecule has 108 valence electrons. The molecule has 0 saturated heterocycles. The molecule has 3 aromatic rings. The average Bonchev–Trinajstić information content (AvgIpc) is 2.91. The van der Waals surface area contributed by atoms with Crippen molar-refractivity contribution in [2.24, 2.45) is 7.05 Å². The van der Waals surface area contributed by atoms with Crippen molar-refractivity contribution in [1.82, 2.24) is 14.8 Å². The third-order valence-corrected chi connectivity index (χ3v) is 3.66. The Bertz CT molecular complexity index is 767. The lowest BCUT2D eigenvalue weighted by Gasteiger charge is -2.17. The topological polar surface area (TPSA) is 60.2 Å². The maximum atomic E-state index is 10.7. The predicted octanol–water partition coefficient (Wildman–Crippen LogP) is 2.25. The molecule has 0 fully saturated rings. The molecular weight excluding hydrogens is 266 g/mol. The van der Waals surface area contributed by atoms with Crippen LogP contribution in [-0.4, -0.2) is 27.0 Å². The first kappa shape index (κ1) is 13.6. The molecule has 0 aliphatic rings. The Morgan fingerprint density at radius 3 is 2.76 bits per heavy atom. The number of methoxy groups -OCH3 is 1. The van der Waals surface area contributed by atoms with Crippen LogP contribution in [0.25, 0.3) is 10.8 Å². The van der Waals surface area contributed by atoms with Gasteiger partial charge < -0.3 is 9.84 Å². The molecular formula is C16H17N3O2. The number of aromatic nitrogens is 3. The zero-order valence-electron chi connectivity index (χ0n) is 12.0. The van der Waals surface area contributed by atoms with E-state index in [4.69, 9.17) is 4.74 Å². The molecule has 1 aromatic heterocycles. The summed E-state index contributed by atoms with van der Waals surface area (Å²) in [5.41, 5.74) is 0.790. The van der Waals surface area contributed by atoms with Crippen molar-refractivity contribution in [2.75, 3.05) is 7.11 Å². The largest absolute Gasteiger partial charge is 0.496 e. The van der Waals surface area contributed by atoms with Gasteiger partial charge in [0, 0.05) is 19.0 Å². The van der Waals surface area contributed by atoms with Gasteiger partial charge in [0.05, 0.1) is 13.2 Å². The summed E-state index contributed by atoms with van der Waals surface area (Å²) < 4.78 is 7.09. The van der Waals surface area contributed by atoms with Gasteiger partial charge in [-0.25, -0.2) is 4.98 Å². The van der Waals surface area contributed by atoms with E-state index in [0.29, 0.717) is 12.2 Å². The summed E-state index contributed by atoms with van der Waals surface area (Å²) in [5.74, 6) is 1.42. The fourth-order valence-corrected chi connectivity index (χ4v) is 2.58. The first-order valence-corrected chi connectivity index (χ1v) is 6.77. The maximum absolute atomic E-state index is 10.7. The van der Waals surface area contributed by atoms with Gasteiger partial charge in [-0.3, -0.25) is 4.68 Å². The van der Waals surface area contributed by atoms with E-state index in [-0.39, 0.29) is 0 Å². The van der Waals surface area contributed by atoms with Crippen LogP contribution in [0.5, 0.6) is 5.75 Å². The van der Waals surface area contributed by atoms with Crippen LogP contribution in [0.15, 0.2) is 42.7 Å². The highest BCUT2D eigenvalue weighted by Crippen LogP contribution is 2.34. The van der Waals surface area contributed by atoms with E-state index in [1.807, 2.05) is 43.4 Å². The summed E-state index contributed by atoms with van der Waals surface area (Å²) in [4.78, 5) is 4.17. The van der Waals surface area contributed by atoms with E-state index < -0.39 is 6.10 Å². The van der Waals surface area contributed by atoms with E-state index in [9.17, 15) is 5.11 Å². The molecule has 5 nitrogen and oxygen atoms in total. The van der Waals surface area contributed by atoms with Gasteiger partial charge in [0.25, 0.3) is 0 Å². The van der Waals surface area contributed by atoms with Crippen molar-refractivity contribution in [3.8, 4) is 5.75 Å². The van der Waals surface area contributed by atoms with Crippen LogP contribution in [0.4, 0.5) is 0 Å². The van der Waals surface area contributed by atoms with Crippen molar-refractivity contribution in [3.05, 3.63) is 54.1 Å². The first-order valence-electron chi connectivity index (χ1n) is 6.77. The van der Waals surface area contributed by atoms with Crippen LogP contribution in [0.3, 0.4) is 0 Å². The standard InChI is InChI=1S/C16H17N3O2/c1-19-15(17-10-18-19)9-13(20)16-12-6-4-3-5-11(12)7-8-14(16)21-2/h3-8,10,13,20H,9H2,1-2H3. The first-order chi connectivity index (χ1) is 10.2. The molecule has 0 amide bonds. The number of fused-ring (bicyclic) bond motifs is 1. The summed E-state index contributed by atoms with van der Waals surface area (Å²) in [6.07, 6.45) is 1.18. The number of nitrogens with zero attached hydrogens (tertiary/aromatic N) is 3. The molecule has 5 heteroatoms. The second kappa shape index (κ2) is 5.54. The fraction of sp³-hybridized carbons (Fsp3) is 0.250. The van der Waals surface area contributed by atoms with Crippen LogP contribution in [0, 0.1) is 0 Å². The van der Waals surface area contributed by atoms with Crippen LogP contribution in [0.1, 0.15) is 17.5 Å². The Balaban J connectivity index is 2.07. The highest BCUT2D eigenvalue weighted by molar-refractivity contribution is 5.88. The number of hydrogen-bond acceptors (Lipinski definition) is 4. The molecule has 21 heavy (non-hydrogen) atoms. The normalized spacial score (nSPS) is 12.5. The molecule has 0 radical (unpaired) electrons. The summed E-state index contributed by atoms with van der Waals surface area (Å²) in [6, 6.07) is 11.8. The highest BCUT2D eigenvalue weighted by atomic mass is 16.5. The Morgan fingerprint density at radius 2 is 2.05 bits per heavy atom. The number of benzene rings is 2. The minimum Gasteiger partial charge on any atom is -0.496 e. The van der Waals surface area contributed by atoms with Gasteiger partial charge in [-0.2, -0.15) is 5.10 Å². The van der Waals surface area contributed by atoms with Gasteiger partial charge in [-0.15, -0.1) is 0 Å². The van der Waals surface area contributed by atoms with Gasteiger partial charge in [0.15, 0.2) is 0 Å². The van der Waals surface area contributed by atoms with Crippen molar-refractivity contribution in [1.29, 1.82) is 0 Å². The van der Waals surface area contributed by atoms with Crippen LogP contribution < -0.4 is 4.74 Å². The molecule has 0 spiro atoms. The zero-order chi connectivity index (χ0) is 14.8. The van der Waals surface area contributed by atoms with Crippen molar-refractivity contribution >= 4 is 10.8 Å². The molecule has 1 unspecified atom stereocenters. The van der Waals surface area contributed by atoms with E-state index in [0.717, 1.165) is 22.2 Å². The lowest BCUT2D eigenvalue weighted by Crippen LogP contribution is -2.09. The molecule has 0 aliphatic carbocycles. The molecule has 0 aliphatic heterocycles. The molecule has 1 N–H and O–H groups in total. The maximum Gasteiger partial charge on any atom is 0.138 e. The number of aryl methyl sites for hydroxylation is 1. The molecule has 1 heterocycles. The third-order valence-electron chi connectivity index (χ3n) is 3.66. The number of aliphatic hydroxyl groups is 1. The molecule has 0 saturated carbocycles. The van der Waals surface area contributed by atoms with E-state index in [2.05, 4.69) is 10.1 Å². The van der Waals surface area contributed by atoms with Crippen LogP contribution >= 0.6 is 0 Å². The van der Waals surface area contributed by atoms with Crippen molar-refractivity contribution in [3.63, 3.8) is 0 Å². The minimum atomic E-state index is -0.700. The summed E-state index contributed by atoms with van der Waals surface area (Å²) in [6.45, 7) is 0. The SMILES string of the molecule is COc1ccc2ccccc2c1C(O)Cc1ncnn1C. The fourth-order valence-electron chi connectivity index (χ4n) is 2.58. The van der Waals surface area contributed by atoms with E-state index in [1.54, 1.807) is 11.8 Å². The van der Waals surface area contributed by atoms with Crippen LogP contribution in [0.2, 0.25) is 0 Å². The predicted molar refractivity (Wildman–Crippen MR) is 80.2 cm³/mol. The Morgan fingerprint density at radius 1 is 1.24 bits per heavy atom. The van der Waals surface area contributed by atoms with Gasteiger partial charge in [-0.05, 0) is 16.8 Å². The monoisotopic (exact) mass is 283 g/mol. The van der Waals surface area contributed by atoms with Crippen LogP contribution in [-0.2, 0) is 13.5 Å². The van der Waals surface area contributed by atoms with Crippen molar-refractivity contribution < 1.29 is 9.84 Å². The Hall–Kier alpha value is -2.40. The summed E-state index contributed by atoms with van der Waals surface area (Å²) >= 11 is 0. The van der Waals surface area contributed by atoms with Gasteiger partial charge >= 0.3 is 0 Å². The Kier molecular flexibility index (Phi) is 3.58. The average molecular weight is 283 g/mol. The zero-order valence-corrected chi connectivity index (χ0v) is 12.0. The number of aliphatic hydroxyl groups excluding tert-OH is 1. The van der Waals surface area contributed by atoms with Crippen molar-refractivity contribution in [2.45, 2.75) is 12.5 Å². The number of hydrogen-bond donors (Lipinski definition) is 1. The second-order valence-electron chi connectivity index (χ2n) is 4.92. The molecule has 1 atom stereocenters. The lowest BCUT2D eigenvalue weighted by molar-refractivity contribution is 0.172. The molecule has 2 aromatic carbocycles. The summed E-state index contributed by atoms with van der Waals surface area (Å²) in [7, 11) is 3.43. The van der Waals surface area contributed by atoms with E-state index in [1.165, 1.54) is 6.33 Å². The minimum absolute atomic E-state index is 0.390. The highest BCUT2D eigenvalue weighted by Gasteiger charge is 2.19. The third kappa shape index (κ3) is 2.48. The van der Waals surface area contributed by atoms with Gasteiger partial charge in [-0.1, -0.05) is 30.3 Å². The lowest BCUT2D eigenvalue weighted by atomic mass is 9.97. The smallest absolute Gasteiger partial charge is 0.138 e.